The fourth-order valence-corrected chi connectivity index (χ4v) is 5.33. The molecule has 3 heterocycles. The van der Waals surface area contributed by atoms with Crippen molar-refractivity contribution in [2.24, 2.45) is 0 Å². The Balaban J connectivity index is 1.62. The monoisotopic (exact) mass is 392 g/mol. The van der Waals surface area contributed by atoms with E-state index < -0.39 is 11.7 Å². The highest BCUT2D eigenvalue weighted by Gasteiger charge is 2.42. The predicted molar refractivity (Wildman–Crippen MR) is 102 cm³/mol. The Morgan fingerprint density at radius 1 is 1.15 bits per heavy atom. The fraction of sp³-hybridized carbons (Fsp3) is 0.429. The van der Waals surface area contributed by atoms with Crippen molar-refractivity contribution in [1.82, 2.24) is 5.32 Å². The first-order valence-corrected chi connectivity index (χ1v) is 9.82. The largest absolute Gasteiger partial charge is 0.416 e. The molecule has 1 saturated heterocycles. The molecule has 0 aromatic heterocycles. The zero-order chi connectivity index (χ0) is 18.8. The molecule has 2 atom stereocenters. The van der Waals surface area contributed by atoms with E-state index in [4.69, 9.17) is 11.6 Å². The second kappa shape index (κ2) is 6.14. The highest BCUT2D eigenvalue weighted by Crippen LogP contribution is 2.49. The summed E-state index contributed by atoms with van der Waals surface area (Å²) in [6.45, 7) is 3.10. The van der Waals surface area contributed by atoms with E-state index in [9.17, 15) is 13.2 Å². The van der Waals surface area contributed by atoms with E-state index in [1.807, 2.05) is 0 Å². The SMILES string of the molecule is FC(F)(F)c1ccc(-c2cc3c4c(c2)C2CNCCC2N4CCC3)c(Cl)c1. The lowest BCUT2D eigenvalue weighted by molar-refractivity contribution is -0.137. The normalized spacial score (nSPS) is 23.9. The molecule has 0 amide bonds. The van der Waals surface area contributed by atoms with Gasteiger partial charge in [-0.15, -0.1) is 0 Å². The molecular weight excluding hydrogens is 373 g/mol. The number of anilines is 1. The Bertz CT molecular complexity index is 909. The standard InChI is InChI=1S/C21H20ClF3N2/c22-18-10-14(21(23,24)25)3-4-15(18)13-8-12-2-1-7-27-19-5-6-26-11-17(19)16(9-13)20(12)27/h3-4,8-10,17,19,26H,1-2,5-7,11H2. The first-order chi connectivity index (χ1) is 12.9. The summed E-state index contributed by atoms with van der Waals surface area (Å²) in [5.41, 5.74) is 4.89. The van der Waals surface area contributed by atoms with E-state index in [2.05, 4.69) is 22.3 Å². The van der Waals surface area contributed by atoms with Gasteiger partial charge in [0.1, 0.15) is 0 Å². The van der Waals surface area contributed by atoms with E-state index in [-0.39, 0.29) is 5.02 Å². The van der Waals surface area contributed by atoms with Gasteiger partial charge in [0.25, 0.3) is 0 Å². The molecule has 0 radical (unpaired) electrons. The van der Waals surface area contributed by atoms with Gasteiger partial charge >= 0.3 is 6.18 Å². The van der Waals surface area contributed by atoms with Gasteiger partial charge in [-0.25, -0.2) is 0 Å². The Hall–Kier alpha value is -1.72. The number of piperidine rings is 1. The van der Waals surface area contributed by atoms with E-state index in [0.717, 1.165) is 56.6 Å². The zero-order valence-corrected chi connectivity index (χ0v) is 15.5. The maximum atomic E-state index is 13.0. The van der Waals surface area contributed by atoms with Crippen molar-refractivity contribution < 1.29 is 13.2 Å². The molecule has 142 valence electrons. The van der Waals surface area contributed by atoms with E-state index in [0.29, 0.717) is 17.5 Å². The van der Waals surface area contributed by atoms with Crippen LogP contribution in [0.1, 0.15) is 35.4 Å². The lowest BCUT2D eigenvalue weighted by Crippen LogP contribution is -2.45. The van der Waals surface area contributed by atoms with Crippen molar-refractivity contribution in [2.45, 2.75) is 37.4 Å². The molecule has 2 nitrogen and oxygen atoms in total. The van der Waals surface area contributed by atoms with Crippen LogP contribution in [0.4, 0.5) is 18.9 Å². The average molecular weight is 393 g/mol. The highest BCUT2D eigenvalue weighted by atomic mass is 35.5. The molecular formula is C21H20ClF3N2. The average Bonchev–Trinajstić information content (AvgIpc) is 2.97. The summed E-state index contributed by atoms with van der Waals surface area (Å²) in [4.78, 5) is 2.57. The molecule has 0 bridgehead atoms. The topological polar surface area (TPSA) is 15.3 Å². The van der Waals surface area contributed by atoms with Gasteiger partial charge in [-0.3, -0.25) is 0 Å². The third kappa shape index (κ3) is 2.74. The summed E-state index contributed by atoms with van der Waals surface area (Å²) < 4.78 is 38.9. The number of hydrogen-bond acceptors (Lipinski definition) is 2. The van der Waals surface area contributed by atoms with Gasteiger partial charge in [0.05, 0.1) is 5.56 Å². The lowest BCUT2D eigenvalue weighted by Gasteiger charge is -2.36. The number of fused-ring (bicyclic) bond motifs is 3. The van der Waals surface area contributed by atoms with Crippen molar-refractivity contribution in [3.05, 3.63) is 52.0 Å². The van der Waals surface area contributed by atoms with Crippen LogP contribution in [0.15, 0.2) is 30.3 Å². The molecule has 0 saturated carbocycles. The highest BCUT2D eigenvalue weighted by molar-refractivity contribution is 6.33. The number of hydrogen-bond donors (Lipinski definition) is 1. The molecule has 2 aromatic rings. The molecule has 0 spiro atoms. The molecule has 3 aliphatic rings. The molecule has 2 aromatic carbocycles. The fourth-order valence-electron chi connectivity index (χ4n) is 5.04. The molecule has 2 unspecified atom stereocenters. The van der Waals surface area contributed by atoms with Gasteiger partial charge in [-0.1, -0.05) is 17.7 Å². The number of rotatable bonds is 1. The number of nitrogens with zero attached hydrogens (tertiary/aromatic N) is 1. The van der Waals surface area contributed by atoms with Gasteiger partial charge in [-0.05, 0) is 66.8 Å². The van der Waals surface area contributed by atoms with Crippen molar-refractivity contribution in [1.29, 1.82) is 0 Å². The third-order valence-electron chi connectivity index (χ3n) is 6.20. The van der Waals surface area contributed by atoms with Gasteiger partial charge in [0.2, 0.25) is 0 Å². The van der Waals surface area contributed by atoms with Gasteiger partial charge in [-0.2, -0.15) is 13.2 Å². The molecule has 1 N–H and O–H groups in total. The van der Waals surface area contributed by atoms with Crippen molar-refractivity contribution >= 4 is 17.3 Å². The Morgan fingerprint density at radius 3 is 2.78 bits per heavy atom. The quantitative estimate of drug-likeness (QED) is 0.714. The maximum absolute atomic E-state index is 13.0. The van der Waals surface area contributed by atoms with Crippen LogP contribution < -0.4 is 10.2 Å². The van der Waals surface area contributed by atoms with Crippen molar-refractivity contribution in [3.63, 3.8) is 0 Å². The Labute approximate surface area is 161 Å². The molecule has 0 aliphatic carbocycles. The second-order valence-electron chi connectivity index (χ2n) is 7.73. The molecule has 5 rings (SSSR count). The maximum Gasteiger partial charge on any atom is 0.416 e. The minimum atomic E-state index is -4.38. The summed E-state index contributed by atoms with van der Waals surface area (Å²) in [6, 6.07) is 8.49. The van der Waals surface area contributed by atoms with Crippen LogP contribution in [-0.4, -0.2) is 25.7 Å². The Morgan fingerprint density at radius 2 is 2.00 bits per heavy atom. The van der Waals surface area contributed by atoms with E-state index in [1.54, 1.807) is 0 Å². The van der Waals surface area contributed by atoms with Crippen LogP contribution in [0.25, 0.3) is 11.1 Å². The van der Waals surface area contributed by atoms with E-state index in [1.165, 1.54) is 22.9 Å². The third-order valence-corrected chi connectivity index (χ3v) is 6.52. The second-order valence-corrected chi connectivity index (χ2v) is 8.14. The number of alkyl halides is 3. The van der Waals surface area contributed by atoms with Crippen LogP contribution in [0.5, 0.6) is 0 Å². The first kappa shape index (κ1) is 17.4. The zero-order valence-electron chi connectivity index (χ0n) is 14.7. The summed E-state index contributed by atoms with van der Waals surface area (Å²) in [7, 11) is 0. The molecule has 6 heteroatoms. The lowest BCUT2D eigenvalue weighted by atomic mass is 9.87. The minimum Gasteiger partial charge on any atom is -0.367 e. The number of nitrogens with one attached hydrogen (secondary N) is 1. The summed E-state index contributed by atoms with van der Waals surface area (Å²) in [5.74, 6) is 0.443. The Kier molecular flexibility index (Phi) is 3.96. The van der Waals surface area contributed by atoms with Crippen molar-refractivity contribution in [2.75, 3.05) is 24.5 Å². The minimum absolute atomic E-state index is 0.154. The van der Waals surface area contributed by atoms with Gasteiger partial charge in [0, 0.05) is 41.3 Å². The van der Waals surface area contributed by atoms with Gasteiger partial charge < -0.3 is 10.2 Å². The van der Waals surface area contributed by atoms with Crippen LogP contribution in [0, 0.1) is 0 Å². The summed E-state index contributed by atoms with van der Waals surface area (Å²) in [6.07, 6.45) is -1.12. The molecule has 3 aliphatic heterocycles. The number of halogens is 4. The summed E-state index contributed by atoms with van der Waals surface area (Å²) >= 11 is 6.27. The van der Waals surface area contributed by atoms with Crippen molar-refractivity contribution in [3.8, 4) is 11.1 Å². The van der Waals surface area contributed by atoms with Gasteiger partial charge in [0.15, 0.2) is 0 Å². The van der Waals surface area contributed by atoms with Crippen LogP contribution in [0.2, 0.25) is 5.02 Å². The number of aryl methyl sites for hydroxylation is 1. The predicted octanol–water partition coefficient (Wildman–Crippen LogP) is 5.24. The van der Waals surface area contributed by atoms with E-state index >= 15 is 0 Å². The van der Waals surface area contributed by atoms with Crippen LogP contribution in [0.3, 0.4) is 0 Å². The summed E-state index contributed by atoms with van der Waals surface area (Å²) in [5, 5.41) is 3.65. The first-order valence-electron chi connectivity index (χ1n) is 9.45. The smallest absolute Gasteiger partial charge is 0.367 e. The number of benzene rings is 2. The molecule has 27 heavy (non-hydrogen) atoms. The van der Waals surface area contributed by atoms with Crippen LogP contribution in [-0.2, 0) is 12.6 Å². The molecule has 1 fully saturated rings. The van der Waals surface area contributed by atoms with Crippen LogP contribution >= 0.6 is 11.6 Å².